The summed E-state index contributed by atoms with van der Waals surface area (Å²) in [6.07, 6.45) is 0. The van der Waals surface area contributed by atoms with E-state index in [1.54, 1.807) is 0 Å². The SMILES string of the molecule is CC(=O)C([SiH3])=C(C(C)=O)C(C)=O. The van der Waals surface area contributed by atoms with Crippen LogP contribution in [0.2, 0.25) is 0 Å². The lowest BCUT2D eigenvalue weighted by molar-refractivity contribution is -0.120. The minimum Gasteiger partial charge on any atom is -0.295 e. The molecule has 4 heteroatoms. The van der Waals surface area contributed by atoms with Gasteiger partial charge in [-0.1, -0.05) is 0 Å². The summed E-state index contributed by atoms with van der Waals surface area (Å²) in [6, 6.07) is 0. The van der Waals surface area contributed by atoms with E-state index in [0.29, 0.717) is 15.4 Å². The highest BCUT2D eigenvalue weighted by Gasteiger charge is 2.15. The Balaban J connectivity index is 5.23. The predicted molar refractivity (Wildman–Crippen MR) is 49.0 cm³/mol. The third kappa shape index (κ3) is 2.54. The predicted octanol–water partition coefficient (Wildman–Crippen LogP) is -0.627. The molecule has 0 unspecified atom stereocenters. The lowest BCUT2D eigenvalue weighted by Crippen LogP contribution is -2.13. The molecule has 66 valence electrons. The first-order valence-corrected chi connectivity index (χ1v) is 4.61. The Morgan fingerprint density at radius 3 is 1.25 bits per heavy atom. The molecule has 0 rings (SSSR count). The number of Topliss-reactive ketones (excluding diaryl/α,β-unsaturated/α-hetero) is 3. The molecular formula is C8H12O3Si. The molecule has 0 aliphatic rings. The summed E-state index contributed by atoms with van der Waals surface area (Å²) in [5.41, 5.74) is 0.0779. The van der Waals surface area contributed by atoms with Gasteiger partial charge in [0.15, 0.2) is 17.3 Å². The van der Waals surface area contributed by atoms with Crippen LogP contribution in [0.3, 0.4) is 0 Å². The van der Waals surface area contributed by atoms with Crippen molar-refractivity contribution < 1.29 is 14.4 Å². The summed E-state index contributed by atoms with van der Waals surface area (Å²) in [5, 5.41) is 0.384. The molecular weight excluding hydrogens is 172 g/mol. The van der Waals surface area contributed by atoms with Crippen LogP contribution >= 0.6 is 0 Å². The van der Waals surface area contributed by atoms with Crippen molar-refractivity contribution in [3.8, 4) is 0 Å². The van der Waals surface area contributed by atoms with Crippen molar-refractivity contribution >= 4 is 27.6 Å². The largest absolute Gasteiger partial charge is 0.295 e. The fraction of sp³-hybridized carbons (Fsp3) is 0.375. The monoisotopic (exact) mass is 184 g/mol. The van der Waals surface area contributed by atoms with Crippen molar-refractivity contribution in [2.24, 2.45) is 0 Å². The molecule has 3 nitrogen and oxygen atoms in total. The Morgan fingerprint density at radius 1 is 0.833 bits per heavy atom. The smallest absolute Gasteiger partial charge is 0.163 e. The van der Waals surface area contributed by atoms with E-state index in [1.165, 1.54) is 20.8 Å². The standard InChI is InChI=1S/C8H12O3Si/c1-4(9)7(5(2)10)8(12)6(3)11/h1-3,12H3. The number of carbonyl (C=O) groups is 3. The van der Waals surface area contributed by atoms with Crippen LogP contribution in [-0.4, -0.2) is 27.6 Å². The van der Waals surface area contributed by atoms with Crippen LogP contribution < -0.4 is 0 Å². The van der Waals surface area contributed by atoms with Gasteiger partial charge in [0.1, 0.15) is 0 Å². The van der Waals surface area contributed by atoms with Gasteiger partial charge < -0.3 is 0 Å². The first kappa shape index (κ1) is 11.0. The maximum Gasteiger partial charge on any atom is 0.163 e. The van der Waals surface area contributed by atoms with Gasteiger partial charge in [-0.15, -0.1) is 0 Å². The third-order valence-electron chi connectivity index (χ3n) is 1.61. The average Bonchev–Trinajstić information content (AvgIpc) is 1.85. The molecule has 0 aliphatic heterocycles. The quantitative estimate of drug-likeness (QED) is 0.254. The highest BCUT2D eigenvalue weighted by molar-refractivity contribution is 6.42. The Labute approximate surface area is 74.3 Å². The summed E-state index contributed by atoms with van der Waals surface area (Å²) in [6.45, 7) is 3.98. The van der Waals surface area contributed by atoms with Gasteiger partial charge in [0.25, 0.3) is 0 Å². The summed E-state index contributed by atoms with van der Waals surface area (Å²) < 4.78 is 0. The fourth-order valence-electron chi connectivity index (χ4n) is 0.952. The number of rotatable bonds is 3. The van der Waals surface area contributed by atoms with Crippen molar-refractivity contribution in [2.45, 2.75) is 20.8 Å². The molecule has 0 aliphatic carbocycles. The topological polar surface area (TPSA) is 51.2 Å². The zero-order valence-corrected chi connectivity index (χ0v) is 9.72. The van der Waals surface area contributed by atoms with E-state index in [4.69, 9.17) is 0 Å². The average molecular weight is 184 g/mol. The van der Waals surface area contributed by atoms with Gasteiger partial charge in [0.2, 0.25) is 0 Å². The van der Waals surface area contributed by atoms with Crippen LogP contribution in [-0.2, 0) is 14.4 Å². The Kier molecular flexibility index (Phi) is 3.75. The van der Waals surface area contributed by atoms with Gasteiger partial charge in [-0.3, -0.25) is 14.4 Å². The van der Waals surface area contributed by atoms with Gasteiger partial charge in [-0.2, -0.15) is 0 Å². The summed E-state index contributed by atoms with van der Waals surface area (Å²) in [7, 11) is 0.441. The van der Waals surface area contributed by atoms with Crippen LogP contribution in [0.5, 0.6) is 0 Å². The summed E-state index contributed by atoms with van der Waals surface area (Å²) in [5.74, 6) is -0.813. The molecule has 0 spiro atoms. The highest BCUT2D eigenvalue weighted by atomic mass is 28.1. The Bertz CT molecular complexity index is 260. The molecule has 0 saturated carbocycles. The van der Waals surface area contributed by atoms with E-state index in [1.807, 2.05) is 0 Å². The van der Waals surface area contributed by atoms with E-state index < -0.39 is 0 Å². The highest BCUT2D eigenvalue weighted by Crippen LogP contribution is 2.04. The maximum atomic E-state index is 10.9. The molecule has 0 aromatic heterocycles. The first-order chi connectivity index (χ1) is 5.37. The van der Waals surface area contributed by atoms with Crippen molar-refractivity contribution in [2.75, 3.05) is 0 Å². The van der Waals surface area contributed by atoms with Gasteiger partial charge in [-0.05, 0) is 26.0 Å². The second-order valence-corrected chi connectivity index (χ2v) is 3.67. The fourth-order valence-corrected chi connectivity index (χ4v) is 1.66. The van der Waals surface area contributed by atoms with Crippen molar-refractivity contribution in [1.29, 1.82) is 0 Å². The van der Waals surface area contributed by atoms with Crippen molar-refractivity contribution in [1.82, 2.24) is 0 Å². The van der Waals surface area contributed by atoms with Crippen molar-refractivity contribution in [3.05, 3.63) is 10.8 Å². The molecule has 0 aromatic rings. The molecule has 0 fully saturated rings. The normalized spacial score (nSPS) is 9.25. The molecule has 0 bridgehead atoms. The molecule has 0 atom stereocenters. The summed E-state index contributed by atoms with van der Waals surface area (Å²) >= 11 is 0. The van der Waals surface area contributed by atoms with Crippen LogP contribution in [0, 0.1) is 0 Å². The molecule has 0 saturated heterocycles. The molecule has 12 heavy (non-hydrogen) atoms. The number of ketones is 3. The van der Waals surface area contributed by atoms with Crippen LogP contribution in [0.15, 0.2) is 10.8 Å². The van der Waals surface area contributed by atoms with E-state index in [9.17, 15) is 14.4 Å². The van der Waals surface area contributed by atoms with Gasteiger partial charge in [0.05, 0.1) is 5.57 Å². The minimum atomic E-state index is -0.317. The first-order valence-electron chi connectivity index (χ1n) is 3.61. The van der Waals surface area contributed by atoms with Gasteiger partial charge in [-0.25, -0.2) is 0 Å². The molecule has 0 aromatic carbocycles. The number of hydrogen-bond donors (Lipinski definition) is 0. The second-order valence-electron chi connectivity index (χ2n) is 2.67. The van der Waals surface area contributed by atoms with Crippen LogP contribution in [0.25, 0.3) is 0 Å². The zero-order valence-electron chi connectivity index (χ0n) is 7.72. The van der Waals surface area contributed by atoms with Crippen LogP contribution in [0.1, 0.15) is 20.8 Å². The lowest BCUT2D eigenvalue weighted by atomic mass is 10.1. The molecule has 0 N–H and O–H groups in total. The summed E-state index contributed by atoms with van der Waals surface area (Å²) in [4.78, 5) is 32.7. The zero-order chi connectivity index (χ0) is 9.89. The van der Waals surface area contributed by atoms with E-state index >= 15 is 0 Å². The van der Waals surface area contributed by atoms with Crippen LogP contribution in [0.4, 0.5) is 0 Å². The Hall–Kier alpha value is -1.03. The second kappa shape index (κ2) is 4.11. The number of allylic oxidation sites excluding steroid dienone is 2. The van der Waals surface area contributed by atoms with E-state index in [0.717, 1.165) is 0 Å². The molecule has 0 radical (unpaired) electrons. The lowest BCUT2D eigenvalue weighted by Gasteiger charge is -2.01. The number of hydrogen-bond acceptors (Lipinski definition) is 3. The molecule has 0 heterocycles. The minimum absolute atomic E-state index is 0.0779. The van der Waals surface area contributed by atoms with Gasteiger partial charge in [0, 0.05) is 10.2 Å². The Morgan fingerprint density at radius 2 is 1.17 bits per heavy atom. The van der Waals surface area contributed by atoms with E-state index in [-0.39, 0.29) is 22.9 Å². The third-order valence-corrected chi connectivity index (χ3v) is 2.81. The van der Waals surface area contributed by atoms with Crippen molar-refractivity contribution in [3.63, 3.8) is 0 Å². The maximum absolute atomic E-state index is 10.9. The van der Waals surface area contributed by atoms with E-state index in [2.05, 4.69) is 0 Å². The number of carbonyl (C=O) groups excluding carboxylic acids is 3. The molecule has 0 amide bonds. The van der Waals surface area contributed by atoms with Gasteiger partial charge >= 0.3 is 0 Å².